The number of methoxy groups -OCH3 is 2. The van der Waals surface area contributed by atoms with E-state index in [0.717, 1.165) is 0 Å². The molecule has 6 nitrogen and oxygen atoms in total. The molecular formula is C12H28BO6P. The molecule has 0 aliphatic carbocycles. The maximum Gasteiger partial charge on any atom is 0.196 e. The van der Waals surface area contributed by atoms with Gasteiger partial charge in [-0.3, -0.25) is 0 Å². The zero-order chi connectivity index (χ0) is 14.2. The molecule has 0 aliphatic rings. The van der Waals surface area contributed by atoms with Crippen LogP contribution < -0.4 is 0 Å². The second kappa shape index (κ2) is 19.0. The van der Waals surface area contributed by atoms with E-state index in [4.69, 9.17) is 28.0 Å². The molecule has 0 unspecified atom stereocenters. The van der Waals surface area contributed by atoms with Gasteiger partial charge in [-0.15, -0.1) is 0 Å². The van der Waals surface area contributed by atoms with Crippen molar-refractivity contribution >= 4 is 16.8 Å². The molecule has 120 valence electrons. The highest BCUT2D eigenvalue weighted by molar-refractivity contribution is 7.50. The van der Waals surface area contributed by atoms with Gasteiger partial charge in [0, 0.05) is 14.2 Å². The second-order valence-electron chi connectivity index (χ2n) is 3.34. The Morgan fingerprint density at radius 1 is 0.750 bits per heavy atom. The highest BCUT2D eigenvalue weighted by atomic mass is 31.2. The van der Waals surface area contributed by atoms with Crippen molar-refractivity contribution in [3.05, 3.63) is 12.4 Å². The molecule has 0 fully saturated rings. The largest absolute Gasteiger partial charge is 0.382 e. The van der Waals surface area contributed by atoms with Crippen molar-refractivity contribution in [2.75, 3.05) is 67.1 Å². The summed E-state index contributed by atoms with van der Waals surface area (Å²) in [5, 5.41) is 0. The Bertz CT molecular complexity index is 183. The highest BCUT2D eigenvalue weighted by Gasteiger charge is 2.05. The van der Waals surface area contributed by atoms with Crippen LogP contribution in [0.15, 0.2) is 12.4 Å². The first-order chi connectivity index (χ1) is 9.35. The van der Waals surface area contributed by atoms with Crippen LogP contribution in [0.2, 0.25) is 0 Å². The van der Waals surface area contributed by atoms with Crippen LogP contribution in [0.25, 0.3) is 0 Å². The second-order valence-corrected chi connectivity index (χ2v) is 4.80. The first-order valence-corrected chi connectivity index (χ1v) is 7.40. The van der Waals surface area contributed by atoms with Gasteiger partial charge < -0.3 is 28.0 Å². The molecular weight excluding hydrogens is 282 g/mol. The van der Waals surface area contributed by atoms with Crippen molar-refractivity contribution in [2.24, 2.45) is 0 Å². The van der Waals surface area contributed by atoms with Crippen LogP contribution in [-0.4, -0.2) is 75.5 Å². The average molecular weight is 310 g/mol. The molecule has 20 heavy (non-hydrogen) atoms. The monoisotopic (exact) mass is 310 g/mol. The Morgan fingerprint density at radius 3 is 1.50 bits per heavy atom. The maximum atomic E-state index is 5.48. The number of ether oxygens (including phenoxy) is 4. The van der Waals surface area contributed by atoms with Gasteiger partial charge in [0.2, 0.25) is 0 Å². The Balaban J connectivity index is 0. The van der Waals surface area contributed by atoms with Crippen molar-refractivity contribution in [1.82, 2.24) is 0 Å². The van der Waals surface area contributed by atoms with Crippen LogP contribution in [0.3, 0.4) is 0 Å². The molecule has 0 amide bonds. The molecule has 0 spiro atoms. The first-order valence-electron chi connectivity index (χ1n) is 6.16. The lowest BCUT2D eigenvalue weighted by Crippen LogP contribution is -2.09. The molecule has 0 aromatic rings. The molecule has 0 aliphatic heterocycles. The van der Waals surface area contributed by atoms with Crippen molar-refractivity contribution < 1.29 is 28.0 Å². The lowest BCUT2D eigenvalue weighted by atomic mass is 10.7. The van der Waals surface area contributed by atoms with Crippen molar-refractivity contribution in [3.63, 3.8) is 0 Å². The predicted molar refractivity (Wildman–Crippen MR) is 84.4 cm³/mol. The van der Waals surface area contributed by atoms with E-state index in [2.05, 4.69) is 6.58 Å². The third-order valence-electron chi connectivity index (χ3n) is 1.91. The van der Waals surface area contributed by atoms with E-state index in [9.17, 15) is 0 Å². The lowest BCUT2D eigenvalue weighted by Gasteiger charge is -2.13. The van der Waals surface area contributed by atoms with E-state index in [1.54, 1.807) is 20.0 Å². The van der Waals surface area contributed by atoms with Crippen LogP contribution >= 0.6 is 8.38 Å². The smallest absolute Gasteiger partial charge is 0.196 e. The fourth-order valence-electron chi connectivity index (χ4n) is 1.00. The summed E-state index contributed by atoms with van der Waals surface area (Å²) >= 11 is 0. The van der Waals surface area contributed by atoms with E-state index in [1.807, 2.05) is 0 Å². The lowest BCUT2D eigenvalue weighted by molar-refractivity contribution is 0.0462. The summed E-state index contributed by atoms with van der Waals surface area (Å²) in [5.74, 6) is 1.67. The Hall–Kier alpha value is -0.00506. The molecule has 8 heteroatoms. The Kier molecular flexibility index (Phi) is 21.2. The van der Waals surface area contributed by atoms with Crippen molar-refractivity contribution in [2.45, 2.75) is 0 Å². The van der Waals surface area contributed by atoms with Gasteiger partial charge >= 0.3 is 0 Å². The molecule has 0 atom stereocenters. The van der Waals surface area contributed by atoms with Crippen LogP contribution in [0.4, 0.5) is 0 Å². The van der Waals surface area contributed by atoms with E-state index in [0.29, 0.717) is 52.9 Å². The summed E-state index contributed by atoms with van der Waals surface area (Å²) in [4.78, 5) is 0. The Morgan fingerprint density at radius 2 is 1.15 bits per heavy atom. The quantitative estimate of drug-likeness (QED) is 0.251. The molecule has 0 heterocycles. The van der Waals surface area contributed by atoms with E-state index in [1.165, 1.54) is 0 Å². The van der Waals surface area contributed by atoms with Gasteiger partial charge in [-0.1, -0.05) is 6.58 Å². The van der Waals surface area contributed by atoms with Crippen molar-refractivity contribution in [3.8, 4) is 0 Å². The summed E-state index contributed by atoms with van der Waals surface area (Å²) in [5.41, 5.74) is 0. The Labute approximate surface area is 125 Å². The number of hydrogen-bond donors (Lipinski definition) is 0. The van der Waals surface area contributed by atoms with Crippen molar-refractivity contribution in [1.29, 1.82) is 0 Å². The zero-order valence-electron chi connectivity index (χ0n) is 11.8. The molecule has 0 bridgehead atoms. The molecule has 0 saturated carbocycles. The molecule has 0 rings (SSSR count). The van der Waals surface area contributed by atoms with Gasteiger partial charge in [-0.25, -0.2) is 0 Å². The highest BCUT2D eigenvalue weighted by Crippen LogP contribution is 2.38. The summed E-state index contributed by atoms with van der Waals surface area (Å²) in [6.07, 6.45) is 0. The van der Waals surface area contributed by atoms with Crippen LogP contribution in [0.1, 0.15) is 0 Å². The van der Waals surface area contributed by atoms with Gasteiger partial charge in [0.05, 0.1) is 61.3 Å². The molecule has 0 radical (unpaired) electrons. The van der Waals surface area contributed by atoms with Gasteiger partial charge in [0.1, 0.15) is 0 Å². The normalized spacial score (nSPS) is 10.6. The third kappa shape index (κ3) is 16.1. The fraction of sp³-hybridized carbons (Fsp3) is 0.833. The number of hydrogen-bond acceptors (Lipinski definition) is 6. The van der Waals surface area contributed by atoms with Gasteiger partial charge in [0.15, 0.2) is 8.38 Å². The zero-order valence-corrected chi connectivity index (χ0v) is 12.7. The number of rotatable bonds is 15. The molecule has 0 saturated heterocycles. The van der Waals surface area contributed by atoms with Crippen LogP contribution in [-0.2, 0) is 28.0 Å². The minimum Gasteiger partial charge on any atom is -0.382 e. The fourth-order valence-corrected chi connectivity index (χ4v) is 1.80. The topological polar surface area (TPSA) is 55.4 Å². The maximum absolute atomic E-state index is 5.48. The predicted octanol–water partition coefficient (Wildman–Crippen LogP) is 0.617. The van der Waals surface area contributed by atoms with E-state index < -0.39 is 8.38 Å². The summed E-state index contributed by atoms with van der Waals surface area (Å²) < 4.78 is 31.2. The van der Waals surface area contributed by atoms with E-state index in [-0.39, 0.29) is 8.41 Å². The molecule has 0 aromatic carbocycles. The molecule has 0 aromatic heterocycles. The van der Waals surface area contributed by atoms with Crippen LogP contribution in [0.5, 0.6) is 0 Å². The summed E-state index contributed by atoms with van der Waals surface area (Å²) in [7, 11) is 2.21. The van der Waals surface area contributed by atoms with Gasteiger partial charge in [0.25, 0.3) is 0 Å². The van der Waals surface area contributed by atoms with Gasteiger partial charge in [-0.2, -0.15) is 0 Å². The summed E-state index contributed by atoms with van der Waals surface area (Å²) in [6, 6.07) is 0. The van der Waals surface area contributed by atoms with E-state index >= 15 is 0 Å². The van der Waals surface area contributed by atoms with Gasteiger partial charge in [-0.05, 0) is 5.82 Å². The first kappa shape index (κ1) is 22.3. The molecule has 0 N–H and O–H groups in total. The standard InChI is InChI=1S/C12H25O6P.BH3/c1-4-19(17-11-9-15-7-5-13-2)18-12-10-16-8-6-14-3;/h4H,1,5-12H2,2-3H3;1H3. The minimum absolute atomic E-state index is 0. The summed E-state index contributed by atoms with van der Waals surface area (Å²) in [6.45, 7) is 7.98. The van der Waals surface area contributed by atoms with Crippen LogP contribution in [0, 0.1) is 0 Å². The average Bonchev–Trinajstić information content (AvgIpc) is 2.44. The SMILES string of the molecule is B.C=CP(OCCOCCOC)OCCOCCOC. The minimum atomic E-state index is -1.07. The third-order valence-corrected chi connectivity index (χ3v) is 3.08.